The summed E-state index contributed by atoms with van der Waals surface area (Å²) >= 11 is 0. The van der Waals surface area contributed by atoms with Gasteiger partial charge in [0.25, 0.3) is 5.91 Å². The van der Waals surface area contributed by atoms with E-state index >= 15 is 0 Å². The Hall–Kier alpha value is -1.66. The average Bonchev–Trinajstić information content (AvgIpc) is 2.47. The quantitative estimate of drug-likeness (QED) is 0.833. The normalized spacial score (nSPS) is 16.2. The van der Waals surface area contributed by atoms with Crippen molar-refractivity contribution >= 4 is 11.7 Å². The van der Waals surface area contributed by atoms with E-state index in [4.69, 9.17) is 5.11 Å². The van der Waals surface area contributed by atoms with Gasteiger partial charge in [0.2, 0.25) is 0 Å². The van der Waals surface area contributed by atoms with Crippen molar-refractivity contribution in [3.63, 3.8) is 0 Å². The van der Waals surface area contributed by atoms with Crippen LogP contribution in [-0.4, -0.2) is 79.2 Å². The van der Waals surface area contributed by atoms with Crippen LogP contribution in [0.5, 0.6) is 0 Å². The lowest BCUT2D eigenvalue weighted by Gasteiger charge is -2.33. The van der Waals surface area contributed by atoms with Gasteiger partial charge in [0.05, 0.1) is 6.61 Å². The first-order valence-corrected chi connectivity index (χ1v) is 6.87. The molecule has 110 valence electrons. The maximum absolute atomic E-state index is 12.2. The van der Waals surface area contributed by atoms with Gasteiger partial charge in [-0.3, -0.25) is 4.79 Å². The Morgan fingerprint density at radius 1 is 1.40 bits per heavy atom. The highest BCUT2D eigenvalue weighted by Gasteiger charge is 2.17. The first-order valence-electron chi connectivity index (χ1n) is 6.87. The van der Waals surface area contributed by atoms with Crippen molar-refractivity contribution in [3.05, 3.63) is 23.9 Å². The average molecular weight is 278 g/mol. The van der Waals surface area contributed by atoms with Crippen LogP contribution in [-0.2, 0) is 0 Å². The zero-order valence-electron chi connectivity index (χ0n) is 12.1. The molecule has 0 spiro atoms. The van der Waals surface area contributed by atoms with Gasteiger partial charge in [-0.1, -0.05) is 0 Å². The fourth-order valence-corrected chi connectivity index (χ4v) is 2.23. The van der Waals surface area contributed by atoms with E-state index in [1.807, 2.05) is 6.07 Å². The molecular formula is C14H22N4O2. The second-order valence-electron chi connectivity index (χ2n) is 5.14. The van der Waals surface area contributed by atoms with E-state index in [-0.39, 0.29) is 12.5 Å². The molecule has 6 heteroatoms. The first kappa shape index (κ1) is 14.7. The van der Waals surface area contributed by atoms with E-state index in [1.165, 1.54) is 4.90 Å². The molecule has 0 atom stereocenters. The molecule has 1 amide bonds. The van der Waals surface area contributed by atoms with Gasteiger partial charge in [-0.15, -0.1) is 0 Å². The predicted molar refractivity (Wildman–Crippen MR) is 78.0 cm³/mol. The molecule has 1 aromatic rings. The summed E-state index contributed by atoms with van der Waals surface area (Å²) in [6.45, 7) is 4.17. The summed E-state index contributed by atoms with van der Waals surface area (Å²) in [5.74, 6) is 0.762. The van der Waals surface area contributed by atoms with Crippen LogP contribution in [0, 0.1) is 0 Å². The Balaban J connectivity index is 2.09. The molecule has 1 fully saturated rings. The number of hydrogen-bond donors (Lipinski definition) is 1. The third kappa shape index (κ3) is 3.46. The van der Waals surface area contributed by atoms with E-state index in [9.17, 15) is 4.79 Å². The lowest BCUT2D eigenvalue weighted by molar-refractivity contribution is 0.0767. The van der Waals surface area contributed by atoms with E-state index in [0.29, 0.717) is 12.1 Å². The Morgan fingerprint density at radius 3 is 2.75 bits per heavy atom. The highest BCUT2D eigenvalue weighted by molar-refractivity contribution is 5.94. The SMILES string of the molecule is CN1CCN(c2cc(C(=O)N(C)CCO)ccn2)CC1. The first-order chi connectivity index (χ1) is 9.61. The van der Waals surface area contributed by atoms with Gasteiger partial charge in [-0.05, 0) is 19.2 Å². The molecule has 2 heterocycles. The summed E-state index contributed by atoms with van der Waals surface area (Å²) in [7, 11) is 3.79. The van der Waals surface area contributed by atoms with Crippen LogP contribution < -0.4 is 4.90 Å². The van der Waals surface area contributed by atoms with E-state index in [1.54, 1.807) is 19.3 Å². The number of pyridine rings is 1. The minimum Gasteiger partial charge on any atom is -0.395 e. The second kappa shape index (κ2) is 6.67. The number of aromatic nitrogens is 1. The van der Waals surface area contributed by atoms with Gasteiger partial charge >= 0.3 is 0 Å². The van der Waals surface area contributed by atoms with Crippen molar-refractivity contribution in [2.24, 2.45) is 0 Å². The van der Waals surface area contributed by atoms with Gasteiger partial charge in [0, 0.05) is 51.5 Å². The summed E-state index contributed by atoms with van der Waals surface area (Å²) in [6.07, 6.45) is 1.67. The number of aliphatic hydroxyl groups excluding tert-OH is 1. The summed E-state index contributed by atoms with van der Waals surface area (Å²) in [5, 5.41) is 8.90. The molecule has 1 N–H and O–H groups in total. The number of likely N-dealkylation sites (N-methyl/N-ethyl adjacent to an activating group) is 2. The fourth-order valence-electron chi connectivity index (χ4n) is 2.23. The summed E-state index contributed by atoms with van der Waals surface area (Å²) in [4.78, 5) is 22.5. The molecule has 6 nitrogen and oxygen atoms in total. The van der Waals surface area contributed by atoms with Crippen LogP contribution >= 0.6 is 0 Å². The molecule has 0 unspecified atom stereocenters. The molecule has 2 rings (SSSR count). The van der Waals surface area contributed by atoms with Gasteiger partial charge < -0.3 is 19.8 Å². The molecule has 20 heavy (non-hydrogen) atoms. The van der Waals surface area contributed by atoms with Crippen molar-refractivity contribution in [3.8, 4) is 0 Å². The monoisotopic (exact) mass is 278 g/mol. The van der Waals surface area contributed by atoms with Gasteiger partial charge in [0.15, 0.2) is 0 Å². The number of aliphatic hydroxyl groups is 1. The number of rotatable bonds is 4. The van der Waals surface area contributed by atoms with Crippen LogP contribution in [0.15, 0.2) is 18.3 Å². The molecule has 0 radical (unpaired) electrons. The van der Waals surface area contributed by atoms with Crippen molar-refractivity contribution in [1.82, 2.24) is 14.8 Å². The molecule has 1 aliphatic heterocycles. The zero-order chi connectivity index (χ0) is 14.5. The summed E-state index contributed by atoms with van der Waals surface area (Å²) in [6, 6.07) is 3.55. The minimum atomic E-state index is -0.0863. The third-order valence-corrected chi connectivity index (χ3v) is 3.60. The standard InChI is InChI=1S/C14H22N4O2/c1-16-5-7-18(8-6-16)13-11-12(3-4-15-13)14(20)17(2)9-10-19/h3-4,11,19H,5-10H2,1-2H3. The van der Waals surface area contributed by atoms with Crippen molar-refractivity contribution in [1.29, 1.82) is 0 Å². The Kier molecular flexibility index (Phi) is 4.92. The number of hydrogen-bond acceptors (Lipinski definition) is 5. The van der Waals surface area contributed by atoms with Crippen molar-refractivity contribution in [2.45, 2.75) is 0 Å². The van der Waals surface area contributed by atoms with Crippen LogP contribution in [0.1, 0.15) is 10.4 Å². The Labute approximate surface area is 119 Å². The maximum atomic E-state index is 12.2. The van der Waals surface area contributed by atoms with Gasteiger partial charge in [-0.2, -0.15) is 0 Å². The highest BCUT2D eigenvalue weighted by atomic mass is 16.3. The number of nitrogens with zero attached hydrogens (tertiary/aromatic N) is 4. The largest absolute Gasteiger partial charge is 0.395 e. The van der Waals surface area contributed by atoms with Gasteiger partial charge in [-0.25, -0.2) is 4.98 Å². The third-order valence-electron chi connectivity index (χ3n) is 3.60. The predicted octanol–water partition coefficient (Wildman–Crippen LogP) is -0.102. The Morgan fingerprint density at radius 2 is 2.10 bits per heavy atom. The molecule has 1 saturated heterocycles. The lowest BCUT2D eigenvalue weighted by Crippen LogP contribution is -2.44. The Bertz CT molecular complexity index is 458. The number of carbonyl (C=O) groups is 1. The topological polar surface area (TPSA) is 59.9 Å². The molecule has 0 bridgehead atoms. The van der Waals surface area contributed by atoms with E-state index in [0.717, 1.165) is 32.0 Å². The maximum Gasteiger partial charge on any atom is 0.253 e. The summed E-state index contributed by atoms with van der Waals surface area (Å²) < 4.78 is 0. The number of anilines is 1. The van der Waals surface area contributed by atoms with Crippen LogP contribution in [0.25, 0.3) is 0 Å². The summed E-state index contributed by atoms with van der Waals surface area (Å²) in [5.41, 5.74) is 0.616. The zero-order valence-corrected chi connectivity index (χ0v) is 12.1. The molecule has 0 saturated carbocycles. The lowest BCUT2D eigenvalue weighted by atomic mass is 10.2. The number of amides is 1. The van der Waals surface area contributed by atoms with E-state index < -0.39 is 0 Å². The minimum absolute atomic E-state index is 0.0291. The van der Waals surface area contributed by atoms with Gasteiger partial charge in [0.1, 0.15) is 5.82 Å². The fraction of sp³-hybridized carbons (Fsp3) is 0.571. The smallest absolute Gasteiger partial charge is 0.253 e. The molecule has 0 aromatic carbocycles. The van der Waals surface area contributed by atoms with Crippen molar-refractivity contribution < 1.29 is 9.90 Å². The number of carbonyl (C=O) groups excluding carboxylic acids is 1. The van der Waals surface area contributed by atoms with Crippen LogP contribution in [0.2, 0.25) is 0 Å². The molecule has 1 aromatic heterocycles. The number of piperazine rings is 1. The molecule has 1 aliphatic rings. The van der Waals surface area contributed by atoms with Crippen LogP contribution in [0.4, 0.5) is 5.82 Å². The molecule has 0 aliphatic carbocycles. The highest BCUT2D eigenvalue weighted by Crippen LogP contribution is 2.15. The second-order valence-corrected chi connectivity index (χ2v) is 5.14. The van der Waals surface area contributed by atoms with Crippen molar-refractivity contribution in [2.75, 3.05) is 58.3 Å². The van der Waals surface area contributed by atoms with E-state index in [2.05, 4.69) is 21.8 Å². The van der Waals surface area contributed by atoms with Crippen LogP contribution in [0.3, 0.4) is 0 Å². The molecular weight excluding hydrogens is 256 g/mol.